The largest absolute Gasteiger partial charge is 1.00 e. The summed E-state index contributed by atoms with van der Waals surface area (Å²) in [5, 5.41) is 53.4. The Bertz CT molecular complexity index is 180. The molecule has 0 aliphatic carbocycles. The monoisotopic (exact) mass is 308 g/mol. The van der Waals surface area contributed by atoms with E-state index in [0.717, 1.165) is 0 Å². The number of aliphatic hydroxyl groups is 5. The SMILES string of the molecule is O.O.O.O.O.O=C([O-])[C@H](O)[C@@H](O)[C@H](O)[C@H](O)CO.[Na+]. The van der Waals surface area contributed by atoms with Crippen LogP contribution in [0.3, 0.4) is 0 Å². The number of aliphatic carboxylic acids is 1. The van der Waals surface area contributed by atoms with E-state index in [2.05, 4.69) is 0 Å². The number of rotatable bonds is 5. The molecule has 0 saturated carbocycles. The quantitative estimate of drug-likeness (QED) is 0.305. The van der Waals surface area contributed by atoms with Gasteiger partial charge in [0.2, 0.25) is 0 Å². The van der Waals surface area contributed by atoms with E-state index in [1.165, 1.54) is 0 Å². The second-order valence-corrected chi connectivity index (χ2v) is 2.49. The molecule has 0 aromatic rings. The van der Waals surface area contributed by atoms with Crippen LogP contribution in [0.2, 0.25) is 0 Å². The Kier molecular flexibility index (Phi) is 45.9. The molecule has 0 fully saturated rings. The van der Waals surface area contributed by atoms with Gasteiger partial charge in [0, 0.05) is 0 Å². The molecule has 12 nitrogen and oxygen atoms in total. The van der Waals surface area contributed by atoms with Crippen LogP contribution in [0.5, 0.6) is 0 Å². The van der Waals surface area contributed by atoms with Crippen molar-refractivity contribution in [3.8, 4) is 0 Å². The van der Waals surface area contributed by atoms with Gasteiger partial charge < -0.3 is 62.8 Å². The smallest absolute Gasteiger partial charge is 0.547 e. The molecule has 0 rings (SSSR count). The van der Waals surface area contributed by atoms with Gasteiger partial charge in [-0.05, 0) is 0 Å². The molecular formula is C6H21NaO12. The number of hydrogen-bond donors (Lipinski definition) is 5. The minimum absolute atomic E-state index is 0. The summed E-state index contributed by atoms with van der Waals surface area (Å²) in [5.74, 6) is -1.98. The molecule has 0 aliphatic rings. The van der Waals surface area contributed by atoms with Crippen molar-refractivity contribution in [3.05, 3.63) is 0 Å². The summed E-state index contributed by atoms with van der Waals surface area (Å²) in [6.07, 6.45) is -8.08. The molecule has 0 spiro atoms. The first-order valence-corrected chi connectivity index (χ1v) is 3.45. The molecule has 0 heterocycles. The topological polar surface area (TPSA) is 299 Å². The van der Waals surface area contributed by atoms with Gasteiger partial charge >= 0.3 is 29.6 Å². The maximum Gasteiger partial charge on any atom is 1.00 e. The van der Waals surface area contributed by atoms with Crippen molar-refractivity contribution in [2.24, 2.45) is 0 Å². The second-order valence-electron chi connectivity index (χ2n) is 2.49. The van der Waals surface area contributed by atoms with E-state index in [-0.39, 0.29) is 56.9 Å². The molecule has 118 valence electrons. The van der Waals surface area contributed by atoms with Gasteiger partial charge in [-0.3, -0.25) is 0 Å². The average molecular weight is 308 g/mol. The van der Waals surface area contributed by atoms with Gasteiger partial charge in [-0.1, -0.05) is 0 Å². The number of carboxylic acids is 1. The summed E-state index contributed by atoms with van der Waals surface area (Å²) >= 11 is 0. The van der Waals surface area contributed by atoms with Gasteiger partial charge in [-0.2, -0.15) is 0 Å². The zero-order chi connectivity index (χ0) is 10.6. The van der Waals surface area contributed by atoms with Crippen LogP contribution >= 0.6 is 0 Å². The number of carbonyl (C=O) groups excluding carboxylic acids is 1. The summed E-state index contributed by atoms with van der Waals surface area (Å²) in [4.78, 5) is 9.98. The summed E-state index contributed by atoms with van der Waals surface area (Å²) in [6.45, 7) is -0.863. The van der Waals surface area contributed by atoms with Gasteiger partial charge in [0.05, 0.1) is 12.6 Å². The van der Waals surface area contributed by atoms with Crippen molar-refractivity contribution in [3.63, 3.8) is 0 Å². The first-order chi connectivity index (χ1) is 5.91. The number of hydrogen-bond acceptors (Lipinski definition) is 7. The molecule has 0 saturated heterocycles. The first-order valence-electron chi connectivity index (χ1n) is 3.45. The second kappa shape index (κ2) is 20.4. The molecule has 0 unspecified atom stereocenters. The van der Waals surface area contributed by atoms with Crippen molar-refractivity contribution in [2.75, 3.05) is 6.61 Å². The fraction of sp³-hybridized carbons (Fsp3) is 0.833. The molecule has 0 radical (unpaired) electrons. The third kappa shape index (κ3) is 14.3. The molecule has 19 heavy (non-hydrogen) atoms. The van der Waals surface area contributed by atoms with E-state index in [1.54, 1.807) is 0 Å². The minimum atomic E-state index is -2.31. The van der Waals surface area contributed by atoms with Crippen LogP contribution in [0.4, 0.5) is 0 Å². The summed E-state index contributed by atoms with van der Waals surface area (Å²) in [6, 6.07) is 0. The van der Waals surface area contributed by atoms with Crippen molar-refractivity contribution < 1.29 is 92.4 Å². The van der Waals surface area contributed by atoms with Crippen molar-refractivity contribution in [1.82, 2.24) is 0 Å². The summed E-state index contributed by atoms with van der Waals surface area (Å²) in [7, 11) is 0. The van der Waals surface area contributed by atoms with Gasteiger partial charge in [-0.25, -0.2) is 0 Å². The molecule has 15 N–H and O–H groups in total. The van der Waals surface area contributed by atoms with E-state index in [9.17, 15) is 9.90 Å². The van der Waals surface area contributed by atoms with Crippen molar-refractivity contribution in [2.45, 2.75) is 24.4 Å². The van der Waals surface area contributed by atoms with Crippen LogP contribution in [0, 0.1) is 0 Å². The minimum Gasteiger partial charge on any atom is -0.547 e. The molecule has 0 aromatic carbocycles. The van der Waals surface area contributed by atoms with Crippen LogP contribution in [0.25, 0.3) is 0 Å². The van der Waals surface area contributed by atoms with Crippen LogP contribution < -0.4 is 34.7 Å². The fourth-order valence-electron chi connectivity index (χ4n) is 0.662. The Morgan fingerprint density at radius 3 is 1.42 bits per heavy atom. The van der Waals surface area contributed by atoms with E-state index >= 15 is 0 Å². The molecule has 0 bridgehead atoms. The fourth-order valence-corrected chi connectivity index (χ4v) is 0.662. The Balaban J connectivity index is -0.0000000480. The zero-order valence-electron chi connectivity index (χ0n) is 10.1. The van der Waals surface area contributed by atoms with E-state index in [0.29, 0.717) is 0 Å². The van der Waals surface area contributed by atoms with Crippen LogP contribution in [0.15, 0.2) is 0 Å². The molecule has 0 aliphatic heterocycles. The molecule has 0 aromatic heterocycles. The maximum atomic E-state index is 9.98. The Morgan fingerprint density at radius 2 is 1.21 bits per heavy atom. The third-order valence-corrected chi connectivity index (χ3v) is 1.50. The van der Waals surface area contributed by atoms with Crippen LogP contribution in [-0.2, 0) is 4.79 Å². The third-order valence-electron chi connectivity index (χ3n) is 1.50. The standard InChI is InChI=1S/C6H12O7.Na.5H2O/c7-1-2(8)3(9)4(10)5(11)6(12)13;;;;;;/h2-5,7-11H,1H2,(H,12,13);;5*1H2/q;+1;;;;;/p-1/t2-,3-,4+,5-;;;;;;/m1....../s1. The summed E-state index contributed by atoms with van der Waals surface area (Å²) in [5.41, 5.74) is 0. The van der Waals surface area contributed by atoms with E-state index in [4.69, 9.17) is 25.5 Å². The van der Waals surface area contributed by atoms with E-state index in [1.807, 2.05) is 0 Å². The Morgan fingerprint density at radius 1 is 0.895 bits per heavy atom. The Hall–Kier alpha value is 0.0700. The normalized spacial score (nSPS) is 13.9. The molecule has 4 atom stereocenters. The number of carbonyl (C=O) groups is 1. The van der Waals surface area contributed by atoms with Gasteiger partial charge in [0.25, 0.3) is 0 Å². The zero-order valence-corrected chi connectivity index (χ0v) is 12.1. The summed E-state index contributed by atoms with van der Waals surface area (Å²) < 4.78 is 0. The maximum absolute atomic E-state index is 9.98. The molecule has 13 heteroatoms. The van der Waals surface area contributed by atoms with Crippen molar-refractivity contribution >= 4 is 5.97 Å². The number of aliphatic hydroxyl groups excluding tert-OH is 5. The predicted octanol–water partition coefficient (Wildman–Crippen LogP) is -11.9. The number of carboxylic acid groups (broad SMARTS) is 1. The van der Waals surface area contributed by atoms with Crippen molar-refractivity contribution in [1.29, 1.82) is 0 Å². The predicted molar refractivity (Wildman–Crippen MR) is 54.2 cm³/mol. The van der Waals surface area contributed by atoms with Gasteiger partial charge in [-0.15, -0.1) is 0 Å². The Labute approximate surface area is 129 Å². The van der Waals surface area contributed by atoms with Crippen LogP contribution in [0.1, 0.15) is 0 Å². The van der Waals surface area contributed by atoms with E-state index < -0.39 is 37.0 Å². The first kappa shape index (κ1) is 42.7. The van der Waals surface area contributed by atoms with Gasteiger partial charge in [0.15, 0.2) is 0 Å². The van der Waals surface area contributed by atoms with Crippen LogP contribution in [-0.4, -0.2) is 89.9 Å². The van der Waals surface area contributed by atoms with Gasteiger partial charge in [0.1, 0.15) is 24.4 Å². The molecule has 0 amide bonds. The average Bonchev–Trinajstić information content (AvgIpc) is 2.12. The molecular weight excluding hydrogens is 287 g/mol.